The summed E-state index contributed by atoms with van der Waals surface area (Å²) in [4.78, 5) is 20.7. The minimum absolute atomic E-state index is 0.0441. The van der Waals surface area contributed by atoms with Gasteiger partial charge in [-0.15, -0.1) is 0 Å². The normalized spacial score (nSPS) is 10.6. The summed E-state index contributed by atoms with van der Waals surface area (Å²) in [5.74, 6) is 0. The SMILES string of the molecule is O=[N+]([O-])c1cc(Cn2nnnc2[Se]Cc2ccccc2)cc([N+](=O)[O-])c1. The van der Waals surface area contributed by atoms with Crippen LogP contribution >= 0.6 is 0 Å². The van der Waals surface area contributed by atoms with E-state index in [9.17, 15) is 20.2 Å². The number of aromatic nitrogens is 4. The molecule has 26 heavy (non-hydrogen) atoms. The molecule has 2 aromatic carbocycles. The third-order valence-corrected chi connectivity index (χ3v) is 5.58. The molecule has 10 nitrogen and oxygen atoms in total. The van der Waals surface area contributed by atoms with Crippen LogP contribution in [0.25, 0.3) is 0 Å². The first-order valence-electron chi connectivity index (χ1n) is 7.38. The minimum atomic E-state index is -0.656. The number of non-ortho nitro benzene ring substituents is 2. The molecule has 11 heteroatoms. The van der Waals surface area contributed by atoms with Crippen LogP contribution in [0, 0.1) is 20.2 Å². The van der Waals surface area contributed by atoms with Crippen LogP contribution in [0.5, 0.6) is 0 Å². The average Bonchev–Trinajstić information content (AvgIpc) is 3.07. The molecule has 0 amide bonds. The van der Waals surface area contributed by atoms with Gasteiger partial charge in [-0.2, -0.15) is 0 Å². The average molecular weight is 419 g/mol. The van der Waals surface area contributed by atoms with E-state index in [1.165, 1.54) is 16.8 Å². The molecular weight excluding hydrogens is 407 g/mol. The van der Waals surface area contributed by atoms with E-state index in [0.717, 1.165) is 16.9 Å². The second-order valence-corrected chi connectivity index (χ2v) is 7.24. The van der Waals surface area contributed by atoms with E-state index in [4.69, 9.17) is 0 Å². The summed E-state index contributed by atoms with van der Waals surface area (Å²) in [5.41, 5.74) is 0.889. The van der Waals surface area contributed by atoms with Crippen molar-refractivity contribution in [3.8, 4) is 0 Å². The van der Waals surface area contributed by atoms with Crippen LogP contribution in [0.3, 0.4) is 0 Å². The zero-order valence-electron chi connectivity index (χ0n) is 13.3. The van der Waals surface area contributed by atoms with Crippen molar-refractivity contribution >= 4 is 31.1 Å². The molecule has 0 unspecified atom stereocenters. The van der Waals surface area contributed by atoms with Crippen LogP contribution in [0.2, 0.25) is 0 Å². The first-order valence-corrected chi connectivity index (χ1v) is 9.45. The molecule has 0 bridgehead atoms. The fourth-order valence-electron chi connectivity index (χ4n) is 2.25. The molecule has 1 aromatic heterocycles. The summed E-state index contributed by atoms with van der Waals surface area (Å²) in [6.07, 6.45) is 0. The molecule has 0 aliphatic carbocycles. The summed E-state index contributed by atoms with van der Waals surface area (Å²) in [5, 5.41) is 34.4. The van der Waals surface area contributed by atoms with Gasteiger partial charge in [0, 0.05) is 0 Å². The molecule has 0 fully saturated rings. The van der Waals surface area contributed by atoms with Gasteiger partial charge in [-0.05, 0) is 0 Å². The predicted molar refractivity (Wildman–Crippen MR) is 92.2 cm³/mol. The van der Waals surface area contributed by atoms with Gasteiger partial charge in [0.2, 0.25) is 0 Å². The number of hydrogen-bond acceptors (Lipinski definition) is 7. The zero-order valence-corrected chi connectivity index (χ0v) is 15.0. The molecule has 3 aromatic rings. The Morgan fingerprint density at radius 3 is 2.23 bits per heavy atom. The standard InChI is InChI=1S/C15H12N6O4Se/c22-20(23)13-6-12(7-14(8-13)21(24)25)9-19-15(16-17-18-19)26-10-11-4-2-1-3-5-11/h1-8H,9-10H2. The molecule has 0 saturated heterocycles. The van der Waals surface area contributed by atoms with E-state index in [-0.39, 0.29) is 32.9 Å². The Hall–Kier alpha value is -3.17. The van der Waals surface area contributed by atoms with E-state index in [0.29, 0.717) is 10.3 Å². The first kappa shape index (κ1) is 17.6. The number of benzene rings is 2. The number of nitro groups is 2. The van der Waals surface area contributed by atoms with E-state index in [2.05, 4.69) is 15.5 Å². The van der Waals surface area contributed by atoms with Crippen LogP contribution in [0.4, 0.5) is 11.4 Å². The Morgan fingerprint density at radius 1 is 0.962 bits per heavy atom. The molecule has 132 valence electrons. The van der Waals surface area contributed by atoms with E-state index >= 15 is 0 Å². The quantitative estimate of drug-likeness (QED) is 0.318. The molecule has 3 rings (SSSR count). The van der Waals surface area contributed by atoms with Gasteiger partial charge in [0.25, 0.3) is 0 Å². The van der Waals surface area contributed by atoms with Gasteiger partial charge in [0.05, 0.1) is 0 Å². The number of nitrogens with zero attached hydrogens (tertiary/aromatic N) is 6. The number of hydrogen-bond donors (Lipinski definition) is 0. The van der Waals surface area contributed by atoms with E-state index in [1.807, 2.05) is 30.3 Å². The Balaban J connectivity index is 1.80. The Bertz CT molecular complexity index is 914. The summed E-state index contributed by atoms with van der Waals surface area (Å²) in [7, 11) is 0. The number of nitro benzene ring substituents is 2. The molecule has 0 radical (unpaired) electrons. The second-order valence-electron chi connectivity index (χ2n) is 5.27. The van der Waals surface area contributed by atoms with E-state index < -0.39 is 9.85 Å². The summed E-state index contributed by atoms with van der Waals surface area (Å²) >= 11 is -0.0441. The third-order valence-electron chi connectivity index (χ3n) is 3.43. The molecule has 0 aliphatic heterocycles. The number of rotatable bonds is 7. The van der Waals surface area contributed by atoms with Crippen molar-refractivity contribution in [2.75, 3.05) is 0 Å². The predicted octanol–water partition coefficient (Wildman–Crippen LogP) is 1.07. The Labute approximate surface area is 153 Å². The fourth-order valence-corrected chi connectivity index (χ4v) is 4.00. The van der Waals surface area contributed by atoms with Crippen molar-refractivity contribution in [2.45, 2.75) is 11.9 Å². The van der Waals surface area contributed by atoms with Crippen molar-refractivity contribution in [1.82, 2.24) is 20.2 Å². The summed E-state index contributed by atoms with van der Waals surface area (Å²) in [6.45, 7) is 0.126. The Morgan fingerprint density at radius 2 is 1.62 bits per heavy atom. The van der Waals surface area contributed by atoms with Crippen LogP contribution in [-0.4, -0.2) is 45.0 Å². The molecule has 0 atom stereocenters. The first-order chi connectivity index (χ1) is 12.5. The maximum atomic E-state index is 11.0. The van der Waals surface area contributed by atoms with Gasteiger partial charge in [-0.25, -0.2) is 0 Å². The van der Waals surface area contributed by atoms with Gasteiger partial charge in [0.1, 0.15) is 0 Å². The van der Waals surface area contributed by atoms with Crippen LogP contribution < -0.4 is 4.72 Å². The summed E-state index contributed by atoms with van der Waals surface area (Å²) < 4.78 is 2.18. The molecule has 0 N–H and O–H groups in total. The van der Waals surface area contributed by atoms with Gasteiger partial charge in [-0.1, -0.05) is 0 Å². The zero-order chi connectivity index (χ0) is 18.5. The Kier molecular flexibility index (Phi) is 5.30. The van der Waals surface area contributed by atoms with Crippen molar-refractivity contribution in [2.24, 2.45) is 0 Å². The van der Waals surface area contributed by atoms with Gasteiger partial charge in [0.15, 0.2) is 0 Å². The summed E-state index contributed by atoms with van der Waals surface area (Å²) in [6, 6.07) is 13.4. The monoisotopic (exact) mass is 420 g/mol. The maximum absolute atomic E-state index is 11.0. The van der Waals surface area contributed by atoms with Crippen molar-refractivity contribution in [1.29, 1.82) is 0 Å². The molecule has 0 spiro atoms. The number of tetrazole rings is 1. The van der Waals surface area contributed by atoms with Crippen molar-refractivity contribution in [3.63, 3.8) is 0 Å². The molecule has 1 heterocycles. The van der Waals surface area contributed by atoms with Gasteiger partial charge in [-0.3, -0.25) is 0 Å². The van der Waals surface area contributed by atoms with E-state index in [1.54, 1.807) is 0 Å². The molecular formula is C15H12N6O4Se. The third kappa shape index (κ3) is 4.26. The van der Waals surface area contributed by atoms with Crippen molar-refractivity contribution < 1.29 is 9.85 Å². The van der Waals surface area contributed by atoms with Gasteiger partial charge >= 0.3 is 153 Å². The fraction of sp³-hybridized carbons (Fsp3) is 0.133. The topological polar surface area (TPSA) is 130 Å². The van der Waals surface area contributed by atoms with Gasteiger partial charge < -0.3 is 0 Å². The van der Waals surface area contributed by atoms with Crippen molar-refractivity contribution in [3.05, 3.63) is 79.9 Å². The second kappa shape index (κ2) is 7.81. The van der Waals surface area contributed by atoms with Crippen LogP contribution in [-0.2, 0) is 11.9 Å². The molecule has 0 saturated carbocycles. The van der Waals surface area contributed by atoms with Crippen LogP contribution in [0.15, 0.2) is 48.5 Å². The van der Waals surface area contributed by atoms with Crippen LogP contribution in [0.1, 0.15) is 11.1 Å². The molecule has 0 aliphatic rings.